The Morgan fingerprint density at radius 2 is 1.45 bits per heavy atom. The van der Waals surface area contributed by atoms with Gasteiger partial charge in [-0.05, 0) is 24.0 Å². The van der Waals surface area contributed by atoms with Gasteiger partial charge < -0.3 is 4.74 Å². The van der Waals surface area contributed by atoms with Gasteiger partial charge in [-0.1, -0.05) is 26.0 Å². The van der Waals surface area contributed by atoms with E-state index >= 15 is 0 Å². The van der Waals surface area contributed by atoms with Gasteiger partial charge in [0, 0.05) is 0 Å². The van der Waals surface area contributed by atoms with Crippen molar-refractivity contribution >= 4 is 0 Å². The molecule has 0 aromatic heterocycles. The molecule has 58 valence electrons. The molecular weight excluding hydrogens is 136 g/mol. The third kappa shape index (κ3) is 0.917. The smallest absolute Gasteiger partial charge is 0.173 e. The van der Waals surface area contributed by atoms with Crippen LogP contribution in [0, 0.1) is 0 Å². The lowest BCUT2D eigenvalue weighted by Crippen LogP contribution is -1.76. The van der Waals surface area contributed by atoms with Gasteiger partial charge in [0.25, 0.3) is 0 Å². The molecule has 2 rings (SSSR count). The summed E-state index contributed by atoms with van der Waals surface area (Å²) in [6.07, 6.45) is 2.15. The molecule has 1 aliphatic heterocycles. The Hall–Kier alpha value is -0.980. The molecule has 1 aliphatic rings. The number of hydrogen-bond acceptors (Lipinski definition) is 1. The molecule has 0 saturated heterocycles. The molecule has 1 nitrogen and oxygen atoms in total. The predicted octanol–water partition coefficient (Wildman–Crippen LogP) is 2.92. The third-order valence-electron chi connectivity index (χ3n) is 2.20. The van der Waals surface area contributed by atoms with E-state index in [1.807, 2.05) is 0 Å². The first-order valence-corrected chi connectivity index (χ1v) is 4.19. The molecule has 1 heterocycles. The number of aryl methyl sites for hydroxylation is 2. The van der Waals surface area contributed by atoms with Gasteiger partial charge in [-0.3, -0.25) is 0 Å². The summed E-state index contributed by atoms with van der Waals surface area (Å²) < 4.78 is 5.38. The van der Waals surface area contributed by atoms with Crippen LogP contribution in [0.3, 0.4) is 0 Å². The summed E-state index contributed by atoms with van der Waals surface area (Å²) in [7, 11) is 0. The SMILES string of the molecule is CCc1ccc(CC)c2c1O2. The Morgan fingerprint density at radius 1 is 1.00 bits per heavy atom. The maximum atomic E-state index is 5.38. The molecule has 1 aromatic carbocycles. The highest BCUT2D eigenvalue weighted by atomic mass is 16.6. The van der Waals surface area contributed by atoms with Gasteiger partial charge in [0.2, 0.25) is 0 Å². The molecule has 0 bridgehead atoms. The molecule has 0 fully saturated rings. The van der Waals surface area contributed by atoms with E-state index in [4.69, 9.17) is 4.74 Å². The van der Waals surface area contributed by atoms with Crippen molar-refractivity contribution in [2.75, 3.05) is 0 Å². The molecule has 0 N–H and O–H groups in total. The van der Waals surface area contributed by atoms with E-state index in [1.165, 1.54) is 11.1 Å². The molecule has 1 aromatic rings. The van der Waals surface area contributed by atoms with Crippen molar-refractivity contribution in [1.29, 1.82) is 0 Å². The van der Waals surface area contributed by atoms with Gasteiger partial charge in [-0.15, -0.1) is 0 Å². The summed E-state index contributed by atoms with van der Waals surface area (Å²) in [5.74, 6) is 2.29. The van der Waals surface area contributed by atoms with E-state index in [2.05, 4.69) is 26.0 Å². The van der Waals surface area contributed by atoms with Gasteiger partial charge in [-0.25, -0.2) is 0 Å². The van der Waals surface area contributed by atoms with Crippen molar-refractivity contribution in [1.82, 2.24) is 0 Å². The number of hydrogen-bond donors (Lipinski definition) is 0. The molecule has 1 heteroatoms. The van der Waals surface area contributed by atoms with Crippen LogP contribution in [0.5, 0.6) is 11.5 Å². The zero-order valence-electron chi connectivity index (χ0n) is 6.98. The maximum absolute atomic E-state index is 5.38. The second-order valence-electron chi connectivity index (χ2n) is 2.85. The fourth-order valence-electron chi connectivity index (χ4n) is 1.41. The van der Waals surface area contributed by atoms with E-state index in [0.29, 0.717) is 0 Å². The summed E-state index contributed by atoms with van der Waals surface area (Å²) in [4.78, 5) is 0. The Balaban J connectivity index is 2.43. The summed E-state index contributed by atoms with van der Waals surface area (Å²) in [6, 6.07) is 4.34. The largest absolute Gasteiger partial charge is 0.449 e. The van der Waals surface area contributed by atoms with E-state index in [1.54, 1.807) is 0 Å². The minimum absolute atomic E-state index is 1.08. The van der Waals surface area contributed by atoms with Crippen LogP contribution >= 0.6 is 0 Å². The minimum atomic E-state index is 1.08. The second-order valence-corrected chi connectivity index (χ2v) is 2.85. The molecule has 0 amide bonds. The zero-order chi connectivity index (χ0) is 7.84. The molecule has 0 aliphatic carbocycles. The van der Waals surface area contributed by atoms with Crippen LogP contribution in [0.25, 0.3) is 0 Å². The van der Waals surface area contributed by atoms with Crippen molar-refractivity contribution < 1.29 is 4.74 Å². The lowest BCUT2D eigenvalue weighted by Gasteiger charge is -1.91. The van der Waals surface area contributed by atoms with Crippen molar-refractivity contribution in [3.8, 4) is 11.5 Å². The highest BCUT2D eigenvalue weighted by Crippen LogP contribution is 2.51. The van der Waals surface area contributed by atoms with E-state index in [0.717, 1.165) is 24.3 Å². The number of benzene rings is 1. The maximum Gasteiger partial charge on any atom is 0.173 e. The summed E-state index contributed by atoms with van der Waals surface area (Å²) in [5.41, 5.74) is 2.69. The van der Waals surface area contributed by atoms with Crippen LogP contribution in [0.4, 0.5) is 0 Å². The average molecular weight is 148 g/mol. The molecular formula is C10H12O. The second kappa shape index (κ2) is 2.26. The van der Waals surface area contributed by atoms with E-state index in [9.17, 15) is 0 Å². The van der Waals surface area contributed by atoms with Crippen molar-refractivity contribution in [2.24, 2.45) is 0 Å². The highest BCUT2D eigenvalue weighted by Gasteiger charge is 2.26. The quantitative estimate of drug-likeness (QED) is 0.596. The van der Waals surface area contributed by atoms with Crippen molar-refractivity contribution in [3.63, 3.8) is 0 Å². The Bertz CT molecular complexity index is 260. The summed E-state index contributed by atoms with van der Waals surface area (Å²) >= 11 is 0. The molecule has 0 saturated carbocycles. The van der Waals surface area contributed by atoms with E-state index in [-0.39, 0.29) is 0 Å². The van der Waals surface area contributed by atoms with Crippen LogP contribution < -0.4 is 4.74 Å². The van der Waals surface area contributed by atoms with Gasteiger partial charge >= 0.3 is 0 Å². The number of ether oxygens (including phenoxy) is 1. The molecule has 0 atom stereocenters. The molecule has 0 spiro atoms. The van der Waals surface area contributed by atoms with Crippen molar-refractivity contribution in [3.05, 3.63) is 23.3 Å². The standard InChI is InChI=1S/C10H12O/c1-3-7-5-6-8(4-2)10-9(7)11-10/h5-6H,3-4H2,1-2H3. The van der Waals surface area contributed by atoms with Gasteiger partial charge in [0.1, 0.15) is 0 Å². The van der Waals surface area contributed by atoms with Crippen LogP contribution in [0.15, 0.2) is 12.1 Å². The molecule has 0 unspecified atom stereocenters. The first-order chi connectivity index (χ1) is 5.36. The lowest BCUT2D eigenvalue weighted by molar-refractivity contribution is 0.639. The lowest BCUT2D eigenvalue weighted by atomic mass is 10.1. The Labute approximate surface area is 67.0 Å². The highest BCUT2D eigenvalue weighted by molar-refractivity contribution is 5.63. The minimum Gasteiger partial charge on any atom is -0.449 e. The number of fused-ring (bicyclic) bond motifs is 1. The topological polar surface area (TPSA) is 12.5 Å². The fraction of sp³-hybridized carbons (Fsp3) is 0.400. The van der Waals surface area contributed by atoms with Crippen molar-refractivity contribution in [2.45, 2.75) is 26.7 Å². The number of rotatable bonds is 2. The third-order valence-corrected chi connectivity index (χ3v) is 2.20. The van der Waals surface area contributed by atoms with Gasteiger partial charge in [0.05, 0.1) is 0 Å². The summed E-state index contributed by atoms with van der Waals surface area (Å²) in [6.45, 7) is 4.31. The zero-order valence-corrected chi connectivity index (χ0v) is 6.98. The van der Waals surface area contributed by atoms with Gasteiger partial charge in [-0.2, -0.15) is 0 Å². The van der Waals surface area contributed by atoms with Crippen LogP contribution in [-0.2, 0) is 12.8 Å². The summed E-state index contributed by atoms with van der Waals surface area (Å²) in [5, 5.41) is 0. The first-order valence-electron chi connectivity index (χ1n) is 4.19. The average Bonchev–Trinajstić information content (AvgIpc) is 2.81. The van der Waals surface area contributed by atoms with Gasteiger partial charge in [0.15, 0.2) is 11.5 Å². The normalized spacial score (nSPS) is 12.2. The van der Waals surface area contributed by atoms with Crippen LogP contribution in [0.2, 0.25) is 0 Å². The monoisotopic (exact) mass is 148 g/mol. The Kier molecular flexibility index (Phi) is 1.38. The Morgan fingerprint density at radius 3 is 1.82 bits per heavy atom. The molecule has 11 heavy (non-hydrogen) atoms. The predicted molar refractivity (Wildman–Crippen MR) is 45.3 cm³/mol. The first kappa shape index (κ1) is 6.71. The van der Waals surface area contributed by atoms with E-state index < -0.39 is 0 Å². The fourth-order valence-corrected chi connectivity index (χ4v) is 1.41. The van der Waals surface area contributed by atoms with Crippen LogP contribution in [0.1, 0.15) is 25.0 Å². The molecule has 0 radical (unpaired) electrons. The van der Waals surface area contributed by atoms with Crippen LogP contribution in [-0.4, -0.2) is 0 Å².